The van der Waals surface area contributed by atoms with E-state index in [4.69, 9.17) is 5.26 Å². The summed E-state index contributed by atoms with van der Waals surface area (Å²) in [7, 11) is 0. The summed E-state index contributed by atoms with van der Waals surface area (Å²) in [6, 6.07) is 1.62. The minimum absolute atomic E-state index is 0.291. The van der Waals surface area contributed by atoms with Gasteiger partial charge in [0, 0.05) is 6.42 Å². The lowest BCUT2D eigenvalue weighted by Crippen LogP contribution is -2.02. The molecule has 2 nitrogen and oxygen atoms in total. The summed E-state index contributed by atoms with van der Waals surface area (Å²) < 4.78 is 0. The Morgan fingerprint density at radius 3 is 2.70 bits per heavy atom. The van der Waals surface area contributed by atoms with Gasteiger partial charge in [-0.3, -0.25) is 4.79 Å². The maximum atomic E-state index is 10.5. The lowest BCUT2D eigenvalue weighted by Gasteiger charge is -2.03. The van der Waals surface area contributed by atoms with Crippen LogP contribution in [-0.4, -0.2) is 5.78 Å². The van der Waals surface area contributed by atoms with Crippen LogP contribution in [0.1, 0.15) is 33.1 Å². The first kappa shape index (κ1) is 9.16. The summed E-state index contributed by atoms with van der Waals surface area (Å²) in [6.45, 7) is 4.08. The number of carbonyl (C=O) groups is 1. The van der Waals surface area contributed by atoms with Crippen molar-refractivity contribution in [3.05, 3.63) is 0 Å². The molecule has 0 spiro atoms. The highest BCUT2D eigenvalue weighted by atomic mass is 16.1. The van der Waals surface area contributed by atoms with Crippen LogP contribution in [-0.2, 0) is 4.79 Å². The Bertz CT molecular complexity index is 146. The average Bonchev–Trinajstić information content (AvgIpc) is 1.88. The zero-order chi connectivity index (χ0) is 7.98. The Hall–Kier alpha value is -0.840. The number of ketones is 1. The first-order chi connectivity index (χ1) is 4.70. The van der Waals surface area contributed by atoms with Crippen molar-refractivity contribution >= 4 is 5.78 Å². The third-order valence-electron chi connectivity index (χ3n) is 1.44. The monoisotopic (exact) mass is 139 g/mol. The highest BCUT2D eigenvalue weighted by molar-refractivity contribution is 5.93. The lowest BCUT2D eigenvalue weighted by molar-refractivity contribution is -0.114. The van der Waals surface area contributed by atoms with Crippen molar-refractivity contribution in [1.82, 2.24) is 0 Å². The molecule has 0 amide bonds. The highest BCUT2D eigenvalue weighted by Gasteiger charge is 2.05. The molecule has 0 rings (SSSR count). The van der Waals surface area contributed by atoms with E-state index in [9.17, 15) is 4.79 Å². The Balaban J connectivity index is 3.49. The van der Waals surface area contributed by atoms with Crippen molar-refractivity contribution in [1.29, 1.82) is 5.26 Å². The van der Waals surface area contributed by atoms with E-state index in [1.807, 2.05) is 6.92 Å². The molecular formula is C8H13NO. The number of nitrogens with zero attached hydrogens (tertiary/aromatic N) is 1. The molecule has 0 radical (unpaired) electrons. The molecule has 0 aromatic rings. The van der Waals surface area contributed by atoms with E-state index in [1.54, 1.807) is 6.07 Å². The third kappa shape index (κ3) is 4.08. The summed E-state index contributed by atoms with van der Waals surface area (Å²) in [5.74, 6) is 0.0816. The molecule has 10 heavy (non-hydrogen) atoms. The number of hydrogen-bond donors (Lipinski definition) is 0. The number of Topliss-reactive ketones (excluding diaryl/α,β-unsaturated/α-hetero) is 1. The number of nitriles is 1. The standard InChI is InChI=1S/C8H13NO/c1-3-4-7(2)5-8(10)6-9/h7H,3-5H2,1-2H3. The molecule has 0 heterocycles. The van der Waals surface area contributed by atoms with Gasteiger partial charge in [0.15, 0.2) is 0 Å². The van der Waals surface area contributed by atoms with E-state index >= 15 is 0 Å². The van der Waals surface area contributed by atoms with Gasteiger partial charge in [0.1, 0.15) is 6.07 Å². The maximum absolute atomic E-state index is 10.5. The van der Waals surface area contributed by atoms with Gasteiger partial charge >= 0.3 is 0 Å². The number of carbonyl (C=O) groups excluding carboxylic acids is 1. The van der Waals surface area contributed by atoms with Crippen LogP contribution in [0.2, 0.25) is 0 Å². The van der Waals surface area contributed by atoms with Crippen LogP contribution in [0.25, 0.3) is 0 Å². The second kappa shape index (κ2) is 4.99. The summed E-state index contributed by atoms with van der Waals surface area (Å²) in [6.07, 6.45) is 2.54. The predicted molar refractivity (Wildman–Crippen MR) is 39.3 cm³/mol. The molecule has 0 bridgehead atoms. The molecule has 0 aliphatic carbocycles. The maximum Gasteiger partial charge on any atom is 0.232 e. The molecule has 0 aliphatic heterocycles. The first-order valence-electron chi connectivity index (χ1n) is 3.63. The van der Waals surface area contributed by atoms with Crippen molar-refractivity contribution in [2.45, 2.75) is 33.1 Å². The molecule has 1 unspecified atom stereocenters. The Kier molecular flexibility index (Phi) is 4.57. The van der Waals surface area contributed by atoms with Crippen molar-refractivity contribution in [3.63, 3.8) is 0 Å². The van der Waals surface area contributed by atoms with E-state index in [0.717, 1.165) is 12.8 Å². The van der Waals surface area contributed by atoms with Crippen molar-refractivity contribution in [2.75, 3.05) is 0 Å². The van der Waals surface area contributed by atoms with Crippen LogP contribution < -0.4 is 0 Å². The predicted octanol–water partition coefficient (Wildman–Crippen LogP) is 1.91. The number of rotatable bonds is 4. The van der Waals surface area contributed by atoms with E-state index in [0.29, 0.717) is 12.3 Å². The Morgan fingerprint density at radius 2 is 2.30 bits per heavy atom. The van der Waals surface area contributed by atoms with Crippen LogP contribution in [0.5, 0.6) is 0 Å². The molecule has 0 fully saturated rings. The summed E-state index contributed by atoms with van der Waals surface area (Å²) in [5.41, 5.74) is 0. The fourth-order valence-corrected chi connectivity index (χ4v) is 0.957. The van der Waals surface area contributed by atoms with E-state index in [1.165, 1.54) is 0 Å². The van der Waals surface area contributed by atoms with E-state index < -0.39 is 0 Å². The fraction of sp³-hybridized carbons (Fsp3) is 0.750. The Labute approximate surface area is 61.8 Å². The van der Waals surface area contributed by atoms with Crippen LogP contribution in [0.4, 0.5) is 0 Å². The highest BCUT2D eigenvalue weighted by Crippen LogP contribution is 2.09. The van der Waals surface area contributed by atoms with Gasteiger partial charge in [0.05, 0.1) is 0 Å². The molecular weight excluding hydrogens is 126 g/mol. The van der Waals surface area contributed by atoms with Gasteiger partial charge in [0.25, 0.3) is 0 Å². The van der Waals surface area contributed by atoms with Crippen molar-refractivity contribution < 1.29 is 4.79 Å². The summed E-state index contributed by atoms with van der Waals surface area (Å²) >= 11 is 0. The second-order valence-corrected chi connectivity index (χ2v) is 2.63. The summed E-state index contributed by atoms with van der Waals surface area (Å²) in [5, 5.41) is 8.15. The quantitative estimate of drug-likeness (QED) is 0.558. The van der Waals surface area contributed by atoms with Crippen LogP contribution >= 0.6 is 0 Å². The molecule has 2 heteroatoms. The average molecular weight is 139 g/mol. The molecule has 0 saturated carbocycles. The van der Waals surface area contributed by atoms with Gasteiger partial charge < -0.3 is 0 Å². The van der Waals surface area contributed by atoms with Gasteiger partial charge in [-0.25, -0.2) is 0 Å². The van der Waals surface area contributed by atoms with Crippen LogP contribution in [0.3, 0.4) is 0 Å². The molecule has 1 atom stereocenters. The minimum atomic E-state index is -0.291. The fourth-order valence-electron chi connectivity index (χ4n) is 0.957. The van der Waals surface area contributed by atoms with Gasteiger partial charge in [-0.05, 0) is 5.92 Å². The largest absolute Gasteiger partial charge is 0.283 e. The molecule has 0 aromatic carbocycles. The van der Waals surface area contributed by atoms with Crippen molar-refractivity contribution in [3.8, 4) is 6.07 Å². The van der Waals surface area contributed by atoms with Gasteiger partial charge in [-0.2, -0.15) is 5.26 Å². The molecule has 0 aliphatic rings. The molecule has 0 aromatic heterocycles. The number of hydrogen-bond acceptors (Lipinski definition) is 2. The van der Waals surface area contributed by atoms with E-state index in [2.05, 4.69) is 6.92 Å². The van der Waals surface area contributed by atoms with Crippen LogP contribution in [0, 0.1) is 17.2 Å². The van der Waals surface area contributed by atoms with Crippen molar-refractivity contribution in [2.24, 2.45) is 5.92 Å². The van der Waals surface area contributed by atoms with Crippen LogP contribution in [0.15, 0.2) is 0 Å². The smallest absolute Gasteiger partial charge is 0.232 e. The topological polar surface area (TPSA) is 40.9 Å². The third-order valence-corrected chi connectivity index (χ3v) is 1.44. The summed E-state index contributed by atoms with van der Waals surface area (Å²) in [4.78, 5) is 10.5. The zero-order valence-corrected chi connectivity index (χ0v) is 6.55. The second-order valence-electron chi connectivity index (χ2n) is 2.63. The lowest BCUT2D eigenvalue weighted by atomic mass is 10.0. The van der Waals surface area contributed by atoms with Gasteiger partial charge in [0.2, 0.25) is 5.78 Å². The molecule has 56 valence electrons. The van der Waals surface area contributed by atoms with Gasteiger partial charge in [-0.1, -0.05) is 26.7 Å². The minimum Gasteiger partial charge on any atom is -0.283 e. The Morgan fingerprint density at radius 1 is 1.70 bits per heavy atom. The van der Waals surface area contributed by atoms with Gasteiger partial charge in [-0.15, -0.1) is 0 Å². The molecule has 0 saturated heterocycles. The van der Waals surface area contributed by atoms with E-state index in [-0.39, 0.29) is 5.78 Å². The normalized spacial score (nSPS) is 12.1. The SMILES string of the molecule is CCCC(C)CC(=O)C#N. The first-order valence-corrected chi connectivity index (χ1v) is 3.63. The molecule has 0 N–H and O–H groups in total. The zero-order valence-electron chi connectivity index (χ0n) is 6.55.